The maximum absolute atomic E-state index is 15.4. The Balaban J connectivity index is 0.00000235. The SMILES string of the molecule is C=CC(=O)N1CC2(CN(CCN3CCC(Nc4nc(C)cc(C(F)(F)F)c4C#N)C(=O)N(C)c4cccc(F)c43)CCN2)C1.CC. The number of amides is 2. The Morgan fingerprint density at radius 3 is 2.61 bits per heavy atom. The van der Waals surface area contributed by atoms with Gasteiger partial charge in [0.25, 0.3) is 0 Å². The quantitative estimate of drug-likeness (QED) is 0.362. The van der Waals surface area contributed by atoms with Crippen LogP contribution in [-0.2, 0) is 15.8 Å². The first kappa shape index (κ1) is 34.6. The van der Waals surface area contributed by atoms with Gasteiger partial charge in [-0.15, -0.1) is 0 Å². The number of nitrogens with zero attached hydrogens (tertiary/aromatic N) is 6. The molecule has 1 aromatic carbocycles. The van der Waals surface area contributed by atoms with Crippen LogP contribution in [-0.4, -0.2) is 97.6 Å². The number of alkyl halides is 3. The smallest absolute Gasteiger partial charge is 0.366 e. The molecule has 2 amide bonds. The zero-order valence-electron chi connectivity index (χ0n) is 26.5. The number of likely N-dealkylation sites (N-methyl/N-ethyl adjacent to an activating group) is 1. The summed E-state index contributed by atoms with van der Waals surface area (Å²) in [5.74, 6) is -1.43. The topological polar surface area (TPSA) is 108 Å². The number of nitrogens with one attached hydrogen (secondary N) is 2. The molecule has 1 spiro atoms. The van der Waals surface area contributed by atoms with Gasteiger partial charge in [0.05, 0.1) is 22.5 Å². The van der Waals surface area contributed by atoms with Crippen LogP contribution >= 0.6 is 0 Å². The van der Waals surface area contributed by atoms with Crippen molar-refractivity contribution in [2.45, 2.75) is 44.9 Å². The summed E-state index contributed by atoms with van der Waals surface area (Å²) in [5, 5.41) is 15.9. The molecule has 2 fully saturated rings. The fourth-order valence-corrected chi connectivity index (χ4v) is 6.27. The van der Waals surface area contributed by atoms with Crippen LogP contribution < -0.4 is 20.4 Å². The van der Waals surface area contributed by atoms with Gasteiger partial charge in [0.15, 0.2) is 0 Å². The summed E-state index contributed by atoms with van der Waals surface area (Å²) in [6.07, 6.45) is -3.37. The number of hydrogen-bond donors (Lipinski definition) is 2. The highest BCUT2D eigenvalue weighted by Gasteiger charge is 2.47. The van der Waals surface area contributed by atoms with Crippen molar-refractivity contribution < 1.29 is 27.2 Å². The summed E-state index contributed by atoms with van der Waals surface area (Å²) >= 11 is 0. The van der Waals surface area contributed by atoms with Crippen molar-refractivity contribution in [2.24, 2.45) is 0 Å². The van der Waals surface area contributed by atoms with Crippen LogP contribution in [0.1, 0.15) is 37.1 Å². The van der Waals surface area contributed by atoms with E-state index < -0.39 is 35.1 Å². The minimum Gasteiger partial charge on any atom is -0.366 e. The monoisotopic (exact) mass is 644 g/mol. The van der Waals surface area contributed by atoms with E-state index in [1.807, 2.05) is 18.7 Å². The van der Waals surface area contributed by atoms with E-state index in [1.165, 1.54) is 37.1 Å². The Bertz CT molecular complexity index is 1500. The number of hydrogen-bond acceptors (Lipinski definition) is 8. The number of benzene rings is 1. The second-order valence-electron chi connectivity index (χ2n) is 11.5. The number of carbonyl (C=O) groups is 2. The lowest BCUT2D eigenvalue weighted by Gasteiger charge is -2.55. The molecule has 3 aliphatic rings. The highest BCUT2D eigenvalue weighted by molar-refractivity contribution is 6.01. The fraction of sp³-hybridized carbons (Fsp3) is 0.500. The van der Waals surface area contributed by atoms with Gasteiger partial charge in [-0.25, -0.2) is 9.37 Å². The number of likely N-dealkylation sites (tertiary alicyclic amines) is 1. The molecule has 0 aliphatic carbocycles. The van der Waals surface area contributed by atoms with Gasteiger partial charge in [0, 0.05) is 65.1 Å². The zero-order valence-corrected chi connectivity index (χ0v) is 26.5. The highest BCUT2D eigenvalue weighted by atomic mass is 19.4. The van der Waals surface area contributed by atoms with Crippen LogP contribution in [0.5, 0.6) is 0 Å². The third kappa shape index (κ3) is 7.10. The van der Waals surface area contributed by atoms with Gasteiger partial charge in [-0.3, -0.25) is 14.5 Å². The van der Waals surface area contributed by atoms with Crippen LogP contribution in [0.3, 0.4) is 0 Å². The number of nitriles is 1. The molecule has 4 heterocycles. The third-order valence-electron chi connectivity index (χ3n) is 8.45. The average Bonchev–Trinajstić information content (AvgIpc) is 3.02. The van der Waals surface area contributed by atoms with E-state index in [-0.39, 0.29) is 41.6 Å². The number of aromatic nitrogens is 1. The molecule has 5 rings (SSSR count). The Morgan fingerprint density at radius 2 is 1.96 bits per heavy atom. The van der Waals surface area contributed by atoms with E-state index >= 15 is 4.39 Å². The summed E-state index contributed by atoms with van der Waals surface area (Å²) < 4.78 is 56.5. The van der Waals surface area contributed by atoms with Gasteiger partial charge >= 0.3 is 6.18 Å². The molecule has 10 nitrogen and oxygen atoms in total. The van der Waals surface area contributed by atoms with Gasteiger partial charge in [-0.2, -0.15) is 18.4 Å². The minimum atomic E-state index is -4.79. The molecule has 2 N–H and O–H groups in total. The second-order valence-corrected chi connectivity index (χ2v) is 11.5. The Kier molecular flexibility index (Phi) is 10.6. The molecule has 248 valence electrons. The average molecular weight is 645 g/mol. The normalized spacial score (nSPS) is 19.6. The van der Waals surface area contributed by atoms with E-state index in [0.717, 1.165) is 19.2 Å². The van der Waals surface area contributed by atoms with Crippen molar-refractivity contribution in [1.29, 1.82) is 5.26 Å². The third-order valence-corrected chi connectivity index (χ3v) is 8.45. The number of aryl methyl sites for hydroxylation is 1. The van der Waals surface area contributed by atoms with Crippen molar-refractivity contribution in [3.63, 3.8) is 0 Å². The lowest BCUT2D eigenvalue weighted by Crippen LogP contribution is -2.76. The Labute approximate surface area is 266 Å². The first-order valence-corrected chi connectivity index (χ1v) is 15.3. The Hall–Kier alpha value is -4.22. The molecule has 1 unspecified atom stereocenters. The van der Waals surface area contributed by atoms with Crippen LogP contribution in [0.25, 0.3) is 0 Å². The number of rotatable bonds is 6. The standard InChI is InChI=1S/C30H34F4N8O2.C2H6/c1-4-25(43)42-17-29(18-42)16-40(11-9-36-29)12-13-41-10-8-23(28(44)39(3)24-7-5-6-22(31)26(24)41)38-27-20(15-35)21(30(32,33)34)14-19(2)37-27;1-2/h4-7,14,23,36H,1,8-13,16-18H2,2-3H3,(H,37,38);1-2H3. The summed E-state index contributed by atoms with van der Waals surface area (Å²) in [5.41, 5.74) is -1.41. The van der Waals surface area contributed by atoms with Crippen molar-refractivity contribution in [1.82, 2.24) is 20.1 Å². The fourth-order valence-electron chi connectivity index (χ4n) is 6.27. The van der Waals surface area contributed by atoms with Gasteiger partial charge in [0.2, 0.25) is 11.8 Å². The molecular formula is C32H40F4N8O2. The van der Waals surface area contributed by atoms with Crippen LogP contribution in [0.4, 0.5) is 34.8 Å². The molecule has 2 saturated heterocycles. The number of pyridine rings is 1. The van der Waals surface area contributed by atoms with Crippen molar-refractivity contribution in [3.05, 3.63) is 59.6 Å². The number of piperazine rings is 1. The maximum atomic E-state index is 15.4. The number of carbonyl (C=O) groups excluding carboxylic acids is 2. The lowest BCUT2D eigenvalue weighted by atomic mass is 9.87. The van der Waals surface area contributed by atoms with Crippen molar-refractivity contribution >= 4 is 29.0 Å². The summed E-state index contributed by atoms with van der Waals surface area (Å²) in [7, 11) is 1.49. The highest BCUT2D eigenvalue weighted by Crippen LogP contribution is 2.37. The zero-order chi connectivity index (χ0) is 33.8. The maximum Gasteiger partial charge on any atom is 0.417 e. The number of fused-ring (bicyclic) bond motifs is 1. The number of halogens is 4. The molecule has 0 radical (unpaired) electrons. The number of para-hydroxylation sites is 1. The molecule has 2 aromatic rings. The van der Waals surface area contributed by atoms with Gasteiger partial charge in [0.1, 0.15) is 29.3 Å². The molecule has 1 atom stereocenters. The molecule has 46 heavy (non-hydrogen) atoms. The molecular weight excluding hydrogens is 604 g/mol. The molecule has 0 saturated carbocycles. The van der Waals surface area contributed by atoms with Crippen LogP contribution in [0.15, 0.2) is 36.9 Å². The first-order valence-electron chi connectivity index (χ1n) is 15.3. The molecule has 14 heteroatoms. The second kappa shape index (κ2) is 14.0. The van der Waals surface area contributed by atoms with E-state index in [1.54, 1.807) is 17.0 Å². The van der Waals surface area contributed by atoms with E-state index in [9.17, 15) is 28.0 Å². The predicted octanol–water partition coefficient (Wildman–Crippen LogP) is 3.77. The molecule has 3 aliphatic heterocycles. The summed E-state index contributed by atoms with van der Waals surface area (Å²) in [4.78, 5) is 36.8. The van der Waals surface area contributed by atoms with Crippen molar-refractivity contribution in [2.75, 3.05) is 74.5 Å². The molecule has 1 aromatic heterocycles. The van der Waals surface area contributed by atoms with E-state index in [2.05, 4.69) is 27.1 Å². The van der Waals surface area contributed by atoms with E-state index in [0.29, 0.717) is 38.4 Å². The Morgan fingerprint density at radius 1 is 1.24 bits per heavy atom. The van der Waals surface area contributed by atoms with Gasteiger partial charge in [-0.05, 0) is 37.6 Å². The van der Waals surface area contributed by atoms with Crippen LogP contribution in [0.2, 0.25) is 0 Å². The first-order chi connectivity index (χ1) is 21.9. The van der Waals surface area contributed by atoms with E-state index in [4.69, 9.17) is 0 Å². The van der Waals surface area contributed by atoms with Crippen molar-refractivity contribution in [3.8, 4) is 6.07 Å². The van der Waals surface area contributed by atoms with Gasteiger partial charge < -0.3 is 25.3 Å². The van der Waals surface area contributed by atoms with Crippen LogP contribution in [0, 0.1) is 24.1 Å². The largest absolute Gasteiger partial charge is 0.417 e. The molecule has 0 bridgehead atoms. The minimum absolute atomic E-state index is 0.0387. The number of anilines is 3. The summed E-state index contributed by atoms with van der Waals surface area (Å²) in [6.45, 7) is 13.5. The summed E-state index contributed by atoms with van der Waals surface area (Å²) in [6, 6.07) is 5.81. The van der Waals surface area contributed by atoms with Gasteiger partial charge in [-0.1, -0.05) is 26.5 Å². The lowest BCUT2D eigenvalue weighted by molar-refractivity contribution is -0.138. The predicted molar refractivity (Wildman–Crippen MR) is 168 cm³/mol.